The van der Waals surface area contributed by atoms with Crippen LogP contribution in [0.25, 0.3) is 27.6 Å². The van der Waals surface area contributed by atoms with E-state index in [2.05, 4.69) is 42.3 Å². The van der Waals surface area contributed by atoms with Crippen LogP contribution >= 0.6 is 11.3 Å². The summed E-state index contributed by atoms with van der Waals surface area (Å²) < 4.78 is 8.27. The van der Waals surface area contributed by atoms with Crippen molar-refractivity contribution < 1.29 is 4.74 Å². The number of fused-ring (bicyclic) bond motifs is 1. The van der Waals surface area contributed by atoms with Crippen molar-refractivity contribution in [2.45, 2.75) is 20.3 Å². The fraction of sp³-hybridized carbons (Fsp3) is 0.364. The smallest absolute Gasteiger partial charge is 0.254 e. The Labute approximate surface area is 184 Å². The van der Waals surface area contributed by atoms with Gasteiger partial charge in [0.25, 0.3) is 5.95 Å². The predicted octanol–water partition coefficient (Wildman–Crippen LogP) is 3.91. The van der Waals surface area contributed by atoms with E-state index in [-0.39, 0.29) is 0 Å². The monoisotopic (exact) mass is 435 g/mol. The number of hydrogen-bond donors (Lipinski definition) is 1. The van der Waals surface area contributed by atoms with Crippen molar-refractivity contribution in [3.8, 4) is 17.2 Å². The maximum atomic E-state index is 5.54. The van der Waals surface area contributed by atoms with Crippen LogP contribution in [0.1, 0.15) is 18.9 Å². The van der Waals surface area contributed by atoms with Crippen molar-refractivity contribution in [1.82, 2.24) is 24.7 Å². The topological polar surface area (TPSA) is 81.0 Å². The Balaban J connectivity index is 1.57. The Morgan fingerprint density at radius 1 is 1.13 bits per heavy atom. The molecule has 9 heteroatoms. The molecule has 0 aliphatic carbocycles. The zero-order valence-corrected chi connectivity index (χ0v) is 18.5. The van der Waals surface area contributed by atoms with Crippen LogP contribution in [0.15, 0.2) is 36.5 Å². The summed E-state index contributed by atoms with van der Waals surface area (Å²) in [5, 5.41) is 9.00. The molecule has 1 N–H and O–H groups in total. The number of aryl methyl sites for hydroxylation is 1. The average Bonchev–Trinajstić information content (AvgIpc) is 3.45. The summed E-state index contributed by atoms with van der Waals surface area (Å²) in [6.07, 6.45) is 2.95. The lowest BCUT2D eigenvalue weighted by Gasteiger charge is -2.28. The SMILES string of the molecule is CCCNc1nc2nc(-n3ccc(-c4cccc(C)c4)n3)nc(N3CCOCC3)c2s1. The Hall–Kier alpha value is -3.04. The Kier molecular flexibility index (Phi) is 5.52. The van der Waals surface area contributed by atoms with Gasteiger partial charge in [0.15, 0.2) is 16.6 Å². The number of benzene rings is 1. The first-order chi connectivity index (χ1) is 15.2. The molecule has 4 heterocycles. The fourth-order valence-electron chi connectivity index (χ4n) is 3.59. The van der Waals surface area contributed by atoms with Crippen molar-refractivity contribution in [2.24, 2.45) is 0 Å². The van der Waals surface area contributed by atoms with Gasteiger partial charge < -0.3 is 15.0 Å². The second-order valence-electron chi connectivity index (χ2n) is 7.56. The lowest BCUT2D eigenvalue weighted by molar-refractivity contribution is 0.122. The van der Waals surface area contributed by atoms with Crippen LogP contribution in [-0.2, 0) is 4.74 Å². The molecular weight excluding hydrogens is 410 g/mol. The zero-order valence-electron chi connectivity index (χ0n) is 17.7. The molecule has 1 aromatic carbocycles. The third kappa shape index (κ3) is 4.11. The fourth-order valence-corrected chi connectivity index (χ4v) is 4.54. The van der Waals surface area contributed by atoms with Gasteiger partial charge in [-0.1, -0.05) is 42.0 Å². The van der Waals surface area contributed by atoms with Crippen molar-refractivity contribution in [2.75, 3.05) is 43.1 Å². The molecule has 0 unspecified atom stereocenters. The van der Waals surface area contributed by atoms with Gasteiger partial charge in [0.1, 0.15) is 4.70 Å². The van der Waals surface area contributed by atoms with Crippen molar-refractivity contribution in [1.29, 1.82) is 0 Å². The number of nitrogens with zero attached hydrogens (tertiary/aromatic N) is 6. The third-order valence-electron chi connectivity index (χ3n) is 5.17. The lowest BCUT2D eigenvalue weighted by Crippen LogP contribution is -2.37. The second-order valence-corrected chi connectivity index (χ2v) is 8.56. The number of ether oxygens (including phenoxy) is 1. The van der Waals surface area contributed by atoms with E-state index in [1.165, 1.54) is 5.56 Å². The van der Waals surface area contributed by atoms with Crippen LogP contribution in [0.5, 0.6) is 0 Å². The first-order valence-electron chi connectivity index (χ1n) is 10.6. The highest BCUT2D eigenvalue weighted by molar-refractivity contribution is 7.22. The van der Waals surface area contributed by atoms with Crippen LogP contribution < -0.4 is 10.2 Å². The minimum absolute atomic E-state index is 0.528. The lowest BCUT2D eigenvalue weighted by atomic mass is 10.1. The molecule has 4 aromatic rings. The Morgan fingerprint density at radius 2 is 2.00 bits per heavy atom. The standard InChI is InChI=1S/C22H25N7OS/c1-3-8-23-22-25-19-18(31-22)20(28-10-12-30-13-11-28)26-21(24-19)29-9-7-17(27-29)16-6-4-5-15(2)14-16/h4-7,9,14H,3,8,10-13H2,1-2H3,(H,23,24,25,26). The molecule has 1 fully saturated rings. The highest BCUT2D eigenvalue weighted by Gasteiger charge is 2.21. The van der Waals surface area contributed by atoms with E-state index in [0.29, 0.717) is 24.8 Å². The van der Waals surface area contributed by atoms with Gasteiger partial charge in [0.2, 0.25) is 0 Å². The molecular formula is C22H25N7OS. The van der Waals surface area contributed by atoms with Gasteiger partial charge in [-0.3, -0.25) is 0 Å². The number of thiazole rings is 1. The summed E-state index contributed by atoms with van der Waals surface area (Å²) in [6, 6.07) is 10.3. The summed E-state index contributed by atoms with van der Waals surface area (Å²) in [4.78, 5) is 16.6. The number of rotatable bonds is 6. The van der Waals surface area contributed by atoms with Gasteiger partial charge in [0.05, 0.1) is 18.9 Å². The maximum Gasteiger partial charge on any atom is 0.254 e. The minimum atomic E-state index is 0.528. The largest absolute Gasteiger partial charge is 0.378 e. The number of hydrogen-bond acceptors (Lipinski definition) is 8. The van der Waals surface area contributed by atoms with E-state index in [9.17, 15) is 0 Å². The summed E-state index contributed by atoms with van der Waals surface area (Å²) in [5.41, 5.74) is 3.87. The Morgan fingerprint density at radius 3 is 2.81 bits per heavy atom. The van der Waals surface area contributed by atoms with E-state index < -0.39 is 0 Å². The summed E-state index contributed by atoms with van der Waals surface area (Å²) >= 11 is 1.61. The van der Waals surface area contributed by atoms with Crippen molar-refractivity contribution in [3.63, 3.8) is 0 Å². The number of aromatic nitrogens is 5. The molecule has 0 spiro atoms. The van der Waals surface area contributed by atoms with E-state index in [1.807, 2.05) is 18.3 Å². The molecule has 160 valence electrons. The molecule has 0 amide bonds. The second kappa shape index (κ2) is 8.60. The average molecular weight is 436 g/mol. The molecule has 5 rings (SSSR count). The molecule has 31 heavy (non-hydrogen) atoms. The number of morpholine rings is 1. The van der Waals surface area contributed by atoms with Gasteiger partial charge in [-0.2, -0.15) is 20.1 Å². The van der Waals surface area contributed by atoms with Crippen molar-refractivity contribution >= 4 is 32.6 Å². The molecule has 1 aliphatic heterocycles. The summed E-state index contributed by atoms with van der Waals surface area (Å²) in [6.45, 7) is 8.09. The first kappa shape index (κ1) is 19.9. The third-order valence-corrected chi connectivity index (χ3v) is 6.17. The number of anilines is 2. The molecule has 1 aliphatic rings. The molecule has 1 saturated heterocycles. The zero-order chi connectivity index (χ0) is 21.2. The summed E-state index contributed by atoms with van der Waals surface area (Å²) in [7, 11) is 0. The van der Waals surface area contributed by atoms with Crippen LogP contribution in [0.4, 0.5) is 10.9 Å². The minimum Gasteiger partial charge on any atom is -0.378 e. The molecule has 3 aromatic heterocycles. The molecule has 0 saturated carbocycles. The molecule has 0 atom stereocenters. The quantitative estimate of drug-likeness (QED) is 0.492. The van der Waals surface area contributed by atoms with Gasteiger partial charge in [-0.05, 0) is 25.5 Å². The van der Waals surface area contributed by atoms with E-state index in [1.54, 1.807) is 16.0 Å². The van der Waals surface area contributed by atoms with Gasteiger partial charge in [-0.25, -0.2) is 4.68 Å². The van der Waals surface area contributed by atoms with Crippen LogP contribution in [0.3, 0.4) is 0 Å². The van der Waals surface area contributed by atoms with E-state index >= 15 is 0 Å². The molecule has 8 nitrogen and oxygen atoms in total. The van der Waals surface area contributed by atoms with Gasteiger partial charge >= 0.3 is 0 Å². The number of nitrogens with one attached hydrogen (secondary N) is 1. The van der Waals surface area contributed by atoms with E-state index in [4.69, 9.17) is 24.8 Å². The van der Waals surface area contributed by atoms with Gasteiger partial charge in [-0.15, -0.1) is 0 Å². The normalized spacial score (nSPS) is 14.3. The highest BCUT2D eigenvalue weighted by Crippen LogP contribution is 2.33. The first-order valence-corrected chi connectivity index (χ1v) is 11.4. The highest BCUT2D eigenvalue weighted by atomic mass is 32.1. The van der Waals surface area contributed by atoms with Crippen LogP contribution in [0, 0.1) is 6.92 Å². The maximum absolute atomic E-state index is 5.54. The molecule has 0 bridgehead atoms. The van der Waals surface area contributed by atoms with Crippen molar-refractivity contribution in [3.05, 3.63) is 42.1 Å². The summed E-state index contributed by atoms with van der Waals surface area (Å²) in [5.74, 6) is 1.43. The van der Waals surface area contributed by atoms with Crippen LogP contribution in [0.2, 0.25) is 0 Å². The Bertz CT molecular complexity index is 1200. The van der Waals surface area contributed by atoms with E-state index in [0.717, 1.165) is 53.0 Å². The van der Waals surface area contributed by atoms with Crippen LogP contribution in [-0.4, -0.2) is 57.6 Å². The predicted molar refractivity (Wildman–Crippen MR) is 124 cm³/mol. The van der Waals surface area contributed by atoms with Gasteiger partial charge in [0, 0.05) is 31.4 Å². The molecule has 0 radical (unpaired) electrons.